The average molecular weight is 364 g/mol. The number of benzene rings is 2. The van der Waals surface area contributed by atoms with Gasteiger partial charge in [0.15, 0.2) is 5.96 Å². The van der Waals surface area contributed by atoms with Gasteiger partial charge in [-0.25, -0.2) is 9.67 Å². The van der Waals surface area contributed by atoms with Gasteiger partial charge < -0.3 is 15.4 Å². The zero-order chi connectivity index (χ0) is 18.9. The Kier molecular flexibility index (Phi) is 6.40. The van der Waals surface area contributed by atoms with E-state index in [9.17, 15) is 0 Å². The summed E-state index contributed by atoms with van der Waals surface area (Å²) in [6, 6.07) is 16.2. The lowest BCUT2D eigenvalue weighted by molar-refractivity contribution is 0.336. The van der Waals surface area contributed by atoms with Gasteiger partial charge in [0.05, 0.1) is 12.3 Å². The first-order chi connectivity index (χ1) is 13.3. The van der Waals surface area contributed by atoms with Gasteiger partial charge in [-0.05, 0) is 30.7 Å². The van der Waals surface area contributed by atoms with Gasteiger partial charge >= 0.3 is 0 Å². The number of aromatic nitrogens is 3. The summed E-state index contributed by atoms with van der Waals surface area (Å²) in [6.45, 7) is 3.94. The number of ether oxygens (including phenoxy) is 1. The van der Waals surface area contributed by atoms with Crippen LogP contribution in [0.4, 0.5) is 0 Å². The van der Waals surface area contributed by atoms with Crippen LogP contribution >= 0.6 is 0 Å². The molecule has 2 N–H and O–H groups in total. The lowest BCUT2D eigenvalue weighted by Crippen LogP contribution is -2.36. The van der Waals surface area contributed by atoms with Crippen molar-refractivity contribution in [2.75, 3.05) is 13.7 Å². The second-order valence-corrected chi connectivity index (χ2v) is 5.83. The fourth-order valence-electron chi connectivity index (χ4n) is 2.64. The van der Waals surface area contributed by atoms with E-state index < -0.39 is 0 Å². The maximum absolute atomic E-state index is 5.66. The smallest absolute Gasteiger partial charge is 0.191 e. The van der Waals surface area contributed by atoms with E-state index in [0.29, 0.717) is 19.7 Å². The van der Waals surface area contributed by atoms with E-state index in [4.69, 9.17) is 4.74 Å². The summed E-state index contributed by atoms with van der Waals surface area (Å²) in [5.74, 6) is 1.63. The highest BCUT2D eigenvalue weighted by Gasteiger charge is 2.04. The van der Waals surface area contributed by atoms with Crippen LogP contribution in [0.5, 0.6) is 5.75 Å². The zero-order valence-corrected chi connectivity index (χ0v) is 15.6. The molecule has 0 saturated carbocycles. The summed E-state index contributed by atoms with van der Waals surface area (Å²) in [6.07, 6.45) is 3.20. The maximum atomic E-state index is 5.66. The molecule has 0 fully saturated rings. The first-order valence-corrected chi connectivity index (χ1v) is 8.89. The summed E-state index contributed by atoms with van der Waals surface area (Å²) in [7, 11) is 1.76. The second kappa shape index (κ2) is 9.38. The van der Waals surface area contributed by atoms with Crippen molar-refractivity contribution in [1.82, 2.24) is 25.4 Å². The van der Waals surface area contributed by atoms with Gasteiger partial charge in [0.2, 0.25) is 0 Å². The molecule has 27 heavy (non-hydrogen) atoms. The van der Waals surface area contributed by atoms with Crippen LogP contribution in [-0.2, 0) is 13.1 Å². The van der Waals surface area contributed by atoms with Gasteiger partial charge in [-0.2, -0.15) is 5.10 Å². The van der Waals surface area contributed by atoms with E-state index in [1.165, 1.54) is 6.33 Å². The van der Waals surface area contributed by atoms with Crippen LogP contribution in [0.15, 0.2) is 66.2 Å². The molecule has 0 bridgehead atoms. The Bertz CT molecular complexity index is 858. The van der Waals surface area contributed by atoms with Crippen molar-refractivity contribution in [3.05, 3.63) is 72.3 Å². The number of hydrogen-bond donors (Lipinski definition) is 2. The van der Waals surface area contributed by atoms with Gasteiger partial charge in [-0.3, -0.25) is 4.99 Å². The van der Waals surface area contributed by atoms with E-state index in [1.54, 1.807) is 18.1 Å². The van der Waals surface area contributed by atoms with Crippen LogP contribution in [0.1, 0.15) is 18.1 Å². The molecule has 1 aromatic heterocycles. The molecule has 1 heterocycles. The Morgan fingerprint density at radius 2 is 1.85 bits per heavy atom. The van der Waals surface area contributed by atoms with Crippen LogP contribution in [-0.4, -0.2) is 34.4 Å². The number of nitrogens with zero attached hydrogens (tertiary/aromatic N) is 4. The monoisotopic (exact) mass is 364 g/mol. The molecule has 7 nitrogen and oxygen atoms in total. The predicted octanol–water partition coefficient (Wildman–Crippen LogP) is 2.53. The molecule has 0 atom stereocenters. The van der Waals surface area contributed by atoms with Crippen molar-refractivity contribution >= 4 is 5.96 Å². The summed E-state index contributed by atoms with van der Waals surface area (Å²) in [4.78, 5) is 8.24. The number of nitrogens with one attached hydrogen (secondary N) is 2. The molecule has 3 aromatic rings. The van der Waals surface area contributed by atoms with Crippen molar-refractivity contribution in [3.8, 4) is 11.4 Å². The highest BCUT2D eigenvalue weighted by Crippen LogP contribution is 2.17. The minimum absolute atomic E-state index is 0.640. The van der Waals surface area contributed by atoms with E-state index in [1.807, 2.05) is 43.3 Å². The standard InChI is InChI=1S/C20H24N6O/c1-3-27-19-7-5-4-6-17(19)13-24-20(21-2)23-12-16-8-10-18(11-9-16)26-15-22-14-25-26/h4-11,14-15H,3,12-13H2,1-2H3,(H2,21,23,24). The summed E-state index contributed by atoms with van der Waals surface area (Å²) < 4.78 is 7.39. The Morgan fingerprint density at radius 1 is 1.07 bits per heavy atom. The number of aliphatic imine (C=N–C) groups is 1. The summed E-state index contributed by atoms with van der Waals surface area (Å²) in [5.41, 5.74) is 3.22. The third-order valence-corrected chi connectivity index (χ3v) is 4.02. The fraction of sp³-hybridized carbons (Fsp3) is 0.250. The van der Waals surface area contributed by atoms with Crippen LogP contribution in [0.25, 0.3) is 5.69 Å². The minimum atomic E-state index is 0.640. The Balaban J connectivity index is 1.54. The number of guanidine groups is 1. The SMILES string of the molecule is CCOc1ccccc1CNC(=NC)NCc1ccc(-n2cncn2)cc1. The van der Waals surface area contributed by atoms with Crippen molar-refractivity contribution in [1.29, 1.82) is 0 Å². The predicted molar refractivity (Wildman–Crippen MR) is 106 cm³/mol. The summed E-state index contributed by atoms with van der Waals surface area (Å²) >= 11 is 0. The highest BCUT2D eigenvalue weighted by atomic mass is 16.5. The highest BCUT2D eigenvalue weighted by molar-refractivity contribution is 5.79. The molecular formula is C20H24N6O. The largest absolute Gasteiger partial charge is 0.494 e. The number of rotatable bonds is 7. The topological polar surface area (TPSA) is 76.4 Å². The molecule has 0 radical (unpaired) electrons. The maximum Gasteiger partial charge on any atom is 0.191 e. The summed E-state index contributed by atoms with van der Waals surface area (Å²) in [5, 5.41) is 10.8. The first kappa shape index (κ1) is 18.4. The molecule has 0 unspecified atom stereocenters. The quantitative estimate of drug-likeness (QED) is 0.498. The minimum Gasteiger partial charge on any atom is -0.494 e. The second-order valence-electron chi connectivity index (χ2n) is 5.83. The van der Waals surface area contributed by atoms with Gasteiger partial charge in [0.25, 0.3) is 0 Å². The van der Waals surface area contributed by atoms with Crippen LogP contribution in [0.2, 0.25) is 0 Å². The molecule has 0 aliphatic heterocycles. The van der Waals surface area contributed by atoms with Crippen molar-refractivity contribution in [2.24, 2.45) is 4.99 Å². The molecule has 2 aromatic carbocycles. The molecule has 0 aliphatic carbocycles. The first-order valence-electron chi connectivity index (χ1n) is 8.89. The fourth-order valence-corrected chi connectivity index (χ4v) is 2.64. The Morgan fingerprint density at radius 3 is 2.56 bits per heavy atom. The van der Waals surface area contributed by atoms with E-state index >= 15 is 0 Å². The van der Waals surface area contributed by atoms with E-state index in [-0.39, 0.29) is 0 Å². The average Bonchev–Trinajstić information content (AvgIpc) is 3.25. The third kappa shape index (κ3) is 5.07. The van der Waals surface area contributed by atoms with E-state index in [2.05, 4.69) is 37.8 Å². The van der Waals surface area contributed by atoms with Crippen LogP contribution in [0.3, 0.4) is 0 Å². The lowest BCUT2D eigenvalue weighted by Gasteiger charge is -2.14. The number of para-hydroxylation sites is 1. The molecule has 7 heteroatoms. The molecule has 0 amide bonds. The van der Waals surface area contributed by atoms with Gasteiger partial charge in [-0.1, -0.05) is 30.3 Å². The zero-order valence-electron chi connectivity index (χ0n) is 15.6. The van der Waals surface area contributed by atoms with Crippen molar-refractivity contribution < 1.29 is 4.74 Å². The lowest BCUT2D eigenvalue weighted by atomic mass is 10.2. The van der Waals surface area contributed by atoms with Crippen LogP contribution in [0, 0.1) is 0 Å². The molecule has 0 spiro atoms. The molecular weight excluding hydrogens is 340 g/mol. The van der Waals surface area contributed by atoms with Gasteiger partial charge in [-0.15, -0.1) is 0 Å². The molecule has 3 rings (SSSR count). The van der Waals surface area contributed by atoms with Gasteiger partial charge in [0, 0.05) is 25.7 Å². The molecule has 0 saturated heterocycles. The number of hydrogen-bond acceptors (Lipinski definition) is 4. The Hall–Kier alpha value is -3.35. The Labute approximate surface area is 159 Å². The normalized spacial score (nSPS) is 11.3. The van der Waals surface area contributed by atoms with Gasteiger partial charge in [0.1, 0.15) is 18.4 Å². The third-order valence-electron chi connectivity index (χ3n) is 4.02. The molecule has 0 aliphatic rings. The van der Waals surface area contributed by atoms with Crippen molar-refractivity contribution in [2.45, 2.75) is 20.0 Å². The van der Waals surface area contributed by atoms with E-state index in [0.717, 1.165) is 28.5 Å². The van der Waals surface area contributed by atoms with Crippen LogP contribution < -0.4 is 15.4 Å². The molecule has 140 valence electrons. The van der Waals surface area contributed by atoms with Crippen molar-refractivity contribution in [3.63, 3.8) is 0 Å².